The van der Waals surface area contributed by atoms with Gasteiger partial charge in [0.1, 0.15) is 11.5 Å². The van der Waals surface area contributed by atoms with Crippen LogP contribution >= 0.6 is 0 Å². The second kappa shape index (κ2) is 8.67. The fourth-order valence-electron chi connectivity index (χ4n) is 2.80. The van der Waals surface area contributed by atoms with Crippen molar-refractivity contribution in [3.05, 3.63) is 36.2 Å². The molecule has 0 bridgehead atoms. The van der Waals surface area contributed by atoms with Crippen molar-refractivity contribution >= 4 is 10.0 Å². The average molecular weight is 382 g/mol. The Bertz CT molecular complexity index is 796. The van der Waals surface area contributed by atoms with Gasteiger partial charge in [0.2, 0.25) is 10.0 Å². The zero-order chi connectivity index (χ0) is 18.4. The molecule has 0 N–H and O–H groups in total. The molecular weight excluding hydrogens is 360 g/mol. The Hall–Kier alpha value is -1.88. The van der Waals surface area contributed by atoms with E-state index in [2.05, 4.69) is 15.1 Å². The van der Waals surface area contributed by atoms with Crippen LogP contribution in [0.1, 0.15) is 24.6 Å². The van der Waals surface area contributed by atoms with E-state index in [-0.39, 0.29) is 17.6 Å². The first-order valence-electron chi connectivity index (χ1n) is 8.42. The van der Waals surface area contributed by atoms with Crippen LogP contribution in [0.2, 0.25) is 0 Å². The first-order chi connectivity index (χ1) is 12.6. The van der Waals surface area contributed by atoms with Crippen molar-refractivity contribution in [3.8, 4) is 0 Å². The van der Waals surface area contributed by atoms with Gasteiger partial charge in [-0.1, -0.05) is 5.16 Å². The van der Waals surface area contributed by atoms with E-state index in [1.54, 1.807) is 25.4 Å². The van der Waals surface area contributed by atoms with Gasteiger partial charge in [-0.25, -0.2) is 8.42 Å². The van der Waals surface area contributed by atoms with Crippen molar-refractivity contribution in [2.24, 2.45) is 0 Å². The number of rotatable bonds is 8. The number of piperidine rings is 1. The highest BCUT2D eigenvalue weighted by Crippen LogP contribution is 2.21. The number of pyridine rings is 1. The Morgan fingerprint density at radius 1 is 1.42 bits per heavy atom. The summed E-state index contributed by atoms with van der Waals surface area (Å²) in [5.74, 6) is 0.974. The van der Waals surface area contributed by atoms with Crippen molar-refractivity contribution < 1.29 is 22.4 Å². The molecule has 26 heavy (non-hydrogen) atoms. The topological polar surface area (TPSA) is 108 Å². The number of hydrogen-bond donors (Lipinski definition) is 0. The van der Waals surface area contributed by atoms with Crippen LogP contribution in [0.25, 0.3) is 0 Å². The van der Waals surface area contributed by atoms with Crippen molar-refractivity contribution in [2.45, 2.75) is 36.9 Å². The van der Waals surface area contributed by atoms with Crippen LogP contribution in [0.5, 0.6) is 0 Å². The molecule has 0 spiro atoms. The predicted octanol–water partition coefficient (Wildman–Crippen LogP) is 1.02. The monoisotopic (exact) mass is 382 g/mol. The lowest BCUT2D eigenvalue weighted by Gasteiger charge is -2.31. The van der Waals surface area contributed by atoms with Crippen molar-refractivity contribution in [3.63, 3.8) is 0 Å². The summed E-state index contributed by atoms with van der Waals surface area (Å²) in [6.07, 6.45) is 4.84. The number of nitrogens with zero attached hydrogens (tertiary/aromatic N) is 4. The van der Waals surface area contributed by atoms with Crippen molar-refractivity contribution in [1.29, 1.82) is 0 Å². The summed E-state index contributed by atoms with van der Waals surface area (Å²) in [5.41, 5.74) is 0. The summed E-state index contributed by atoms with van der Waals surface area (Å²) in [5, 5.41) is 3.85. The summed E-state index contributed by atoms with van der Waals surface area (Å²) < 4.78 is 42.6. The van der Waals surface area contributed by atoms with E-state index >= 15 is 0 Å². The van der Waals surface area contributed by atoms with Gasteiger partial charge in [0, 0.05) is 39.0 Å². The van der Waals surface area contributed by atoms with Gasteiger partial charge in [-0.2, -0.15) is 9.29 Å². The zero-order valence-electron chi connectivity index (χ0n) is 14.6. The maximum Gasteiger partial charge on any atom is 0.252 e. The summed E-state index contributed by atoms with van der Waals surface area (Å²) in [4.78, 5) is 8.28. The van der Waals surface area contributed by atoms with Gasteiger partial charge in [-0.15, -0.1) is 0 Å². The van der Waals surface area contributed by atoms with Gasteiger partial charge >= 0.3 is 0 Å². The molecule has 3 heterocycles. The standard InChI is InChI=1S/C16H22N4O5S/c1-23-12-16-18-15(19-25-16)6-9-24-13-4-3-8-20(11-13)26(21,22)14-5-2-7-17-10-14/h2,5,7,10,13H,3-4,6,8-9,11-12H2,1H3. The molecule has 9 nitrogen and oxygen atoms in total. The van der Waals surface area contributed by atoms with Crippen LogP contribution in [0.15, 0.2) is 33.9 Å². The molecule has 3 rings (SSSR count). The number of methoxy groups -OCH3 is 1. The second-order valence-corrected chi connectivity index (χ2v) is 7.91. The van der Waals surface area contributed by atoms with Crippen LogP contribution in [0.4, 0.5) is 0 Å². The first-order valence-corrected chi connectivity index (χ1v) is 9.86. The average Bonchev–Trinajstić information content (AvgIpc) is 3.10. The van der Waals surface area contributed by atoms with E-state index < -0.39 is 10.0 Å². The Morgan fingerprint density at radius 3 is 3.08 bits per heavy atom. The Morgan fingerprint density at radius 2 is 2.31 bits per heavy atom. The number of ether oxygens (including phenoxy) is 2. The molecule has 10 heteroatoms. The van der Waals surface area contributed by atoms with Gasteiger partial charge in [0.25, 0.3) is 5.89 Å². The van der Waals surface area contributed by atoms with E-state index in [1.165, 1.54) is 10.5 Å². The predicted molar refractivity (Wildman–Crippen MR) is 90.7 cm³/mol. The van der Waals surface area contributed by atoms with Crippen molar-refractivity contribution in [1.82, 2.24) is 19.4 Å². The maximum absolute atomic E-state index is 12.7. The summed E-state index contributed by atoms with van der Waals surface area (Å²) in [6.45, 7) is 1.50. The molecule has 2 aromatic rings. The van der Waals surface area contributed by atoms with Crippen LogP contribution in [0, 0.1) is 0 Å². The largest absolute Gasteiger partial charge is 0.376 e. The lowest BCUT2D eigenvalue weighted by molar-refractivity contribution is 0.0199. The number of sulfonamides is 1. The molecule has 1 fully saturated rings. The zero-order valence-corrected chi connectivity index (χ0v) is 15.4. The Labute approximate surface area is 152 Å². The van der Waals surface area contributed by atoms with Gasteiger partial charge < -0.3 is 14.0 Å². The third-order valence-corrected chi connectivity index (χ3v) is 5.92. The fraction of sp³-hybridized carbons (Fsp3) is 0.562. The van der Waals surface area contributed by atoms with E-state index in [9.17, 15) is 8.42 Å². The third-order valence-electron chi connectivity index (χ3n) is 4.07. The number of hydrogen-bond acceptors (Lipinski definition) is 8. The first kappa shape index (κ1) is 18.9. The number of aromatic nitrogens is 3. The van der Waals surface area contributed by atoms with Crippen LogP contribution in [0.3, 0.4) is 0 Å². The SMILES string of the molecule is COCc1nc(CCOC2CCCN(S(=O)(=O)c3cccnc3)C2)no1. The Balaban J connectivity index is 1.52. The molecule has 0 aliphatic carbocycles. The van der Waals surface area contributed by atoms with E-state index in [1.807, 2.05) is 0 Å². The van der Waals surface area contributed by atoms with Crippen molar-refractivity contribution in [2.75, 3.05) is 26.8 Å². The molecule has 0 saturated carbocycles. The lowest BCUT2D eigenvalue weighted by Crippen LogP contribution is -2.43. The van der Waals surface area contributed by atoms with Crippen LogP contribution < -0.4 is 0 Å². The highest BCUT2D eigenvalue weighted by molar-refractivity contribution is 7.89. The highest BCUT2D eigenvalue weighted by atomic mass is 32.2. The summed E-state index contributed by atoms with van der Waals surface area (Å²) in [6, 6.07) is 3.17. The lowest BCUT2D eigenvalue weighted by atomic mass is 10.1. The molecule has 1 aliphatic heterocycles. The molecule has 1 unspecified atom stereocenters. The van der Waals surface area contributed by atoms with Gasteiger partial charge in [-0.3, -0.25) is 4.98 Å². The molecule has 1 saturated heterocycles. The summed E-state index contributed by atoms with van der Waals surface area (Å²) >= 11 is 0. The van der Waals surface area contributed by atoms with Gasteiger partial charge in [0.05, 0.1) is 12.7 Å². The molecule has 142 valence electrons. The smallest absolute Gasteiger partial charge is 0.252 e. The molecule has 0 amide bonds. The minimum Gasteiger partial charge on any atom is -0.376 e. The summed E-state index contributed by atoms with van der Waals surface area (Å²) in [7, 11) is -1.98. The van der Waals surface area contributed by atoms with Gasteiger partial charge in [0.15, 0.2) is 5.82 Å². The highest BCUT2D eigenvalue weighted by Gasteiger charge is 2.30. The van der Waals surface area contributed by atoms with E-state index in [0.29, 0.717) is 37.8 Å². The quantitative estimate of drug-likeness (QED) is 0.666. The molecule has 0 radical (unpaired) electrons. The molecule has 0 aromatic carbocycles. The van der Waals surface area contributed by atoms with Crippen LogP contribution in [-0.4, -0.2) is 60.8 Å². The third kappa shape index (κ3) is 4.64. The molecule has 1 atom stereocenters. The van der Waals surface area contributed by atoms with E-state index in [0.717, 1.165) is 12.8 Å². The molecule has 2 aromatic heterocycles. The Kier molecular flexibility index (Phi) is 6.30. The fourth-order valence-corrected chi connectivity index (χ4v) is 4.27. The van der Waals surface area contributed by atoms with Crippen LogP contribution in [-0.2, 0) is 32.5 Å². The minimum absolute atomic E-state index is 0.152. The van der Waals surface area contributed by atoms with E-state index in [4.69, 9.17) is 14.0 Å². The minimum atomic E-state index is -3.54. The van der Waals surface area contributed by atoms with Gasteiger partial charge in [-0.05, 0) is 25.0 Å². The normalized spacial score (nSPS) is 18.9. The maximum atomic E-state index is 12.7. The molecule has 1 aliphatic rings. The second-order valence-electron chi connectivity index (χ2n) is 5.97. The molecular formula is C16H22N4O5S.